The molecule has 9 rings (SSSR count). The van der Waals surface area contributed by atoms with Crippen molar-refractivity contribution in [2.24, 2.45) is 0 Å². The second kappa shape index (κ2) is 24.2. The molecule has 7 aromatic rings. The molecule has 0 bridgehead atoms. The van der Waals surface area contributed by atoms with Crippen LogP contribution in [-0.4, -0.2) is 104 Å². The van der Waals surface area contributed by atoms with Crippen molar-refractivity contribution in [1.82, 2.24) is 25.0 Å². The van der Waals surface area contributed by atoms with Crippen molar-refractivity contribution in [1.29, 1.82) is 0 Å². The summed E-state index contributed by atoms with van der Waals surface area (Å²) in [5.74, 6) is 2.18. The molecule has 13 nitrogen and oxygen atoms in total. The first-order valence-corrected chi connectivity index (χ1v) is 21.6. The number of ether oxygens (including phenoxy) is 2. The van der Waals surface area contributed by atoms with Gasteiger partial charge in [-0.2, -0.15) is 0 Å². The molecular formula is C52H56FN5O8. The van der Waals surface area contributed by atoms with E-state index in [4.69, 9.17) is 18.3 Å². The number of hydrogen-bond donors (Lipinski definition) is 1. The number of carbonyl (C=O) groups excluding carboxylic acids is 2. The third-order valence-electron chi connectivity index (χ3n) is 11.1. The lowest BCUT2D eigenvalue weighted by Crippen LogP contribution is -2.38. The summed E-state index contributed by atoms with van der Waals surface area (Å²) in [6.45, 7) is 7.32. The van der Waals surface area contributed by atoms with Crippen LogP contribution in [0.25, 0.3) is 44.6 Å². The smallest absolute Gasteiger partial charge is 0.260 e. The number of alkyl halides is 1. The first kappa shape index (κ1) is 48.3. The van der Waals surface area contributed by atoms with Gasteiger partial charge in [-0.1, -0.05) is 31.7 Å². The topological polar surface area (TPSA) is 148 Å². The molecule has 5 heterocycles. The molecule has 2 saturated heterocycles. The molecular weight excluding hydrogens is 842 g/mol. The van der Waals surface area contributed by atoms with Crippen molar-refractivity contribution in [3.63, 3.8) is 0 Å². The average Bonchev–Trinajstić information content (AvgIpc) is 3.78. The molecule has 66 heavy (non-hydrogen) atoms. The molecule has 344 valence electrons. The van der Waals surface area contributed by atoms with Gasteiger partial charge in [0.25, 0.3) is 11.8 Å². The molecule has 2 aliphatic heterocycles. The highest BCUT2D eigenvalue weighted by Gasteiger charge is 2.20. The zero-order chi connectivity index (χ0) is 45.4. The molecule has 0 spiro atoms. The maximum atomic E-state index is 12.8. The van der Waals surface area contributed by atoms with Crippen molar-refractivity contribution >= 4 is 33.8 Å². The third-order valence-corrected chi connectivity index (χ3v) is 11.1. The van der Waals surface area contributed by atoms with Crippen molar-refractivity contribution in [2.75, 3.05) is 72.7 Å². The predicted molar refractivity (Wildman–Crippen MR) is 255 cm³/mol. The van der Waals surface area contributed by atoms with E-state index < -0.39 is 0 Å². The van der Waals surface area contributed by atoms with Gasteiger partial charge >= 0.3 is 0 Å². The molecule has 2 fully saturated rings. The van der Waals surface area contributed by atoms with E-state index in [1.54, 1.807) is 48.5 Å². The van der Waals surface area contributed by atoms with Crippen molar-refractivity contribution in [3.05, 3.63) is 160 Å². The number of nitrogens with zero attached hydrogens (tertiary/aromatic N) is 4. The molecule has 0 aliphatic carbocycles. The van der Waals surface area contributed by atoms with Crippen LogP contribution in [0.4, 0.5) is 4.39 Å². The van der Waals surface area contributed by atoms with Crippen LogP contribution >= 0.6 is 0 Å². The minimum Gasteiger partial charge on any atom is -0.484 e. The lowest BCUT2D eigenvalue weighted by atomic mass is 10.1. The molecule has 0 unspecified atom stereocenters. The minimum atomic E-state index is -0.0791. The Morgan fingerprint density at radius 1 is 0.606 bits per heavy atom. The number of halogens is 1. The largest absolute Gasteiger partial charge is 0.484 e. The highest BCUT2D eigenvalue weighted by Crippen LogP contribution is 2.26. The number of hydrogen-bond acceptors (Lipinski definition) is 11. The second-order valence-corrected chi connectivity index (χ2v) is 15.4. The maximum Gasteiger partial charge on any atom is 0.260 e. The Bertz CT molecular complexity index is 2760. The fourth-order valence-electron chi connectivity index (χ4n) is 7.62. The number of pyridine rings is 1. The van der Waals surface area contributed by atoms with E-state index in [1.165, 1.54) is 17.7 Å². The molecule has 0 saturated carbocycles. The van der Waals surface area contributed by atoms with E-state index in [1.807, 2.05) is 82.9 Å². The van der Waals surface area contributed by atoms with Gasteiger partial charge in [0.05, 0.1) is 17.9 Å². The number of nitrogens with one attached hydrogen (secondary N) is 1. The van der Waals surface area contributed by atoms with Gasteiger partial charge in [0.1, 0.15) is 34.2 Å². The number of benzene rings is 4. The summed E-state index contributed by atoms with van der Waals surface area (Å²) in [6, 6.07) is 35.9. The summed E-state index contributed by atoms with van der Waals surface area (Å²) in [6.07, 6.45) is 5.51. The normalized spacial score (nSPS) is 14.0. The van der Waals surface area contributed by atoms with Crippen LogP contribution < -0.4 is 25.6 Å². The molecule has 3 aromatic heterocycles. The minimum absolute atomic E-state index is 0. The predicted octanol–water partition coefficient (Wildman–Crippen LogP) is 7.85. The van der Waals surface area contributed by atoms with Crippen molar-refractivity contribution < 1.29 is 32.3 Å². The summed E-state index contributed by atoms with van der Waals surface area (Å²) in [4.78, 5) is 59.8. The van der Waals surface area contributed by atoms with Gasteiger partial charge in [-0.05, 0) is 110 Å². The second-order valence-electron chi connectivity index (χ2n) is 15.4. The molecule has 1 N–H and O–H groups in total. The van der Waals surface area contributed by atoms with Gasteiger partial charge < -0.3 is 33.4 Å². The van der Waals surface area contributed by atoms with Gasteiger partial charge in [-0.15, -0.1) is 0 Å². The van der Waals surface area contributed by atoms with Gasteiger partial charge in [0, 0.05) is 88.0 Å². The SMILES string of the molecule is C.CF.O=C(COc1ccc(-c2cc(=O)c3ccccc3o2)cc1)N1CCCN(Cc2ccncc2)CC1.O=C(COc1ccc(-c2cc(=O)c3ccccc3o2)cc1)N1CCCNCC1. The number of amides is 2. The summed E-state index contributed by atoms with van der Waals surface area (Å²) in [7, 11) is 0.500. The number of para-hydroxylation sites is 2. The van der Waals surface area contributed by atoms with Crippen molar-refractivity contribution in [2.45, 2.75) is 26.8 Å². The first-order chi connectivity index (χ1) is 31.9. The van der Waals surface area contributed by atoms with E-state index in [9.17, 15) is 23.6 Å². The quantitative estimate of drug-likeness (QED) is 0.143. The zero-order valence-corrected chi connectivity index (χ0v) is 36.3. The third kappa shape index (κ3) is 13.0. The van der Waals surface area contributed by atoms with E-state index in [2.05, 4.69) is 15.2 Å². The Morgan fingerprint density at radius 3 is 1.65 bits per heavy atom. The summed E-state index contributed by atoms with van der Waals surface area (Å²) < 4.78 is 32.7. The van der Waals surface area contributed by atoms with E-state index in [0.29, 0.717) is 65.2 Å². The lowest BCUT2D eigenvalue weighted by Gasteiger charge is -2.22. The molecule has 14 heteroatoms. The Morgan fingerprint density at radius 2 is 1.11 bits per heavy atom. The number of rotatable bonds is 10. The Labute approximate surface area is 383 Å². The molecule has 0 radical (unpaired) electrons. The lowest BCUT2D eigenvalue weighted by molar-refractivity contribution is -0.133. The van der Waals surface area contributed by atoms with Crippen LogP contribution in [0, 0.1) is 0 Å². The molecule has 0 atom stereocenters. The van der Waals surface area contributed by atoms with Gasteiger partial charge in [0.15, 0.2) is 24.1 Å². The Kier molecular flexibility index (Phi) is 17.7. The van der Waals surface area contributed by atoms with E-state index in [0.717, 1.165) is 69.8 Å². The standard InChI is InChI=1S/C28H27N3O4.C22H22N2O4.CH3F.CH4/c32-25-18-27(35-26-5-2-1-4-24(25)26)22-6-8-23(9-7-22)34-20-28(33)31-15-3-14-30(16-17-31)19-21-10-12-29-13-11-21;25-19-14-21(28-20-5-2-1-4-18(19)20)16-6-8-17(9-7-16)27-15-22(26)24-12-3-10-23-11-13-24;1-2;/h1-2,4-13,18H,3,14-17,19-20H2;1-2,4-9,14,23H,3,10-13,15H2;1H3;1H4. The van der Waals surface area contributed by atoms with E-state index >= 15 is 0 Å². The van der Waals surface area contributed by atoms with E-state index in [-0.39, 0.29) is 43.3 Å². The number of aromatic nitrogens is 1. The molecule has 4 aromatic carbocycles. The fraction of sp³-hybridized carbons (Fsp3) is 0.288. The Balaban J connectivity index is 0.000000212. The average molecular weight is 898 g/mol. The fourth-order valence-corrected chi connectivity index (χ4v) is 7.62. The number of fused-ring (bicyclic) bond motifs is 2. The van der Waals surface area contributed by atoms with Crippen LogP contribution in [0.15, 0.2) is 152 Å². The van der Waals surface area contributed by atoms with Crippen LogP contribution in [0.2, 0.25) is 0 Å². The van der Waals surface area contributed by atoms with Crippen LogP contribution in [-0.2, 0) is 16.1 Å². The molecule has 2 amide bonds. The Hall–Kier alpha value is -7.16. The van der Waals surface area contributed by atoms with Gasteiger partial charge in [-0.25, -0.2) is 0 Å². The van der Waals surface area contributed by atoms with Crippen LogP contribution in [0.5, 0.6) is 11.5 Å². The number of carbonyl (C=O) groups is 2. The molecule has 2 aliphatic rings. The summed E-state index contributed by atoms with van der Waals surface area (Å²) >= 11 is 0. The summed E-state index contributed by atoms with van der Waals surface area (Å²) in [5.41, 5.74) is 3.74. The monoisotopic (exact) mass is 897 g/mol. The highest BCUT2D eigenvalue weighted by atomic mass is 19.1. The first-order valence-electron chi connectivity index (χ1n) is 21.6. The highest BCUT2D eigenvalue weighted by molar-refractivity contribution is 5.80. The van der Waals surface area contributed by atoms with Crippen LogP contribution in [0.1, 0.15) is 25.8 Å². The van der Waals surface area contributed by atoms with Gasteiger partial charge in [0.2, 0.25) is 0 Å². The van der Waals surface area contributed by atoms with Crippen molar-refractivity contribution in [3.8, 4) is 34.1 Å². The van der Waals surface area contributed by atoms with Gasteiger partial charge in [-0.3, -0.25) is 33.5 Å². The zero-order valence-electron chi connectivity index (χ0n) is 36.3. The summed E-state index contributed by atoms with van der Waals surface area (Å²) in [5, 5.41) is 4.40. The van der Waals surface area contributed by atoms with Crippen LogP contribution in [0.3, 0.4) is 0 Å². The maximum absolute atomic E-state index is 12.8.